The van der Waals surface area contributed by atoms with Gasteiger partial charge in [0.2, 0.25) is 6.10 Å². The number of ether oxygens (including phenoxy) is 2. The zero-order chi connectivity index (χ0) is 16.9. The standard InChI is InChI=1S/C17H20N2O5/c20-15(24-14-8-11-23-16(14)21)12-6-9-19(10-7-12)17(22)18-13-4-2-1-3-5-13/h1-5,12,14H,6-11H2,(H,18,22)/t14-/m1/s1. The molecule has 2 aliphatic rings. The van der Waals surface area contributed by atoms with Gasteiger partial charge in [0.15, 0.2) is 0 Å². The molecule has 0 aromatic heterocycles. The summed E-state index contributed by atoms with van der Waals surface area (Å²) in [6.45, 7) is 1.26. The van der Waals surface area contributed by atoms with Gasteiger partial charge in [-0.15, -0.1) is 0 Å². The van der Waals surface area contributed by atoms with Crippen molar-refractivity contribution in [3.8, 4) is 0 Å². The van der Waals surface area contributed by atoms with Crippen LogP contribution in [0.5, 0.6) is 0 Å². The Balaban J connectivity index is 1.46. The molecule has 2 amide bonds. The highest BCUT2D eigenvalue weighted by Crippen LogP contribution is 2.22. The molecule has 1 atom stereocenters. The molecule has 0 unspecified atom stereocenters. The van der Waals surface area contributed by atoms with Gasteiger partial charge in [-0.1, -0.05) is 18.2 Å². The van der Waals surface area contributed by atoms with Gasteiger partial charge in [-0.25, -0.2) is 9.59 Å². The lowest BCUT2D eigenvalue weighted by Gasteiger charge is -2.31. The lowest BCUT2D eigenvalue weighted by molar-refractivity contribution is -0.164. The van der Waals surface area contributed by atoms with Gasteiger partial charge < -0.3 is 19.7 Å². The first-order valence-corrected chi connectivity index (χ1v) is 8.11. The van der Waals surface area contributed by atoms with E-state index in [2.05, 4.69) is 5.32 Å². The summed E-state index contributed by atoms with van der Waals surface area (Å²) in [5.74, 6) is -1.12. The van der Waals surface area contributed by atoms with E-state index in [1.807, 2.05) is 30.3 Å². The smallest absolute Gasteiger partial charge is 0.347 e. The number of benzene rings is 1. The summed E-state index contributed by atoms with van der Waals surface area (Å²) >= 11 is 0. The second kappa shape index (κ2) is 7.33. The number of piperidine rings is 1. The molecule has 128 valence electrons. The van der Waals surface area contributed by atoms with Crippen LogP contribution >= 0.6 is 0 Å². The molecule has 2 aliphatic heterocycles. The van der Waals surface area contributed by atoms with E-state index >= 15 is 0 Å². The molecule has 1 aromatic rings. The zero-order valence-corrected chi connectivity index (χ0v) is 13.3. The monoisotopic (exact) mass is 332 g/mol. The van der Waals surface area contributed by atoms with Crippen LogP contribution in [0.3, 0.4) is 0 Å². The quantitative estimate of drug-likeness (QED) is 0.853. The summed E-state index contributed by atoms with van der Waals surface area (Å²) in [5.41, 5.74) is 0.740. The molecule has 0 radical (unpaired) electrons. The van der Waals surface area contributed by atoms with Gasteiger partial charge in [-0.3, -0.25) is 4.79 Å². The van der Waals surface area contributed by atoms with Crippen LogP contribution in [-0.2, 0) is 19.1 Å². The summed E-state index contributed by atoms with van der Waals surface area (Å²) in [6.07, 6.45) is 0.714. The molecule has 1 N–H and O–H groups in total. The van der Waals surface area contributed by atoms with Crippen LogP contribution in [0.15, 0.2) is 30.3 Å². The fraction of sp³-hybridized carbons (Fsp3) is 0.471. The predicted octanol–water partition coefficient (Wildman–Crippen LogP) is 1.79. The molecule has 0 bridgehead atoms. The first kappa shape index (κ1) is 16.3. The van der Waals surface area contributed by atoms with Crippen LogP contribution in [0.4, 0.5) is 10.5 Å². The summed E-state index contributed by atoms with van der Waals surface area (Å²) in [7, 11) is 0. The highest BCUT2D eigenvalue weighted by molar-refractivity contribution is 5.89. The SMILES string of the molecule is O=C(O[C@@H]1CCOC1=O)C1CCN(C(=O)Nc2ccccc2)CC1. The molecule has 0 aliphatic carbocycles. The van der Waals surface area contributed by atoms with Gasteiger partial charge in [0.05, 0.1) is 12.5 Å². The number of carbonyl (C=O) groups excluding carboxylic acids is 3. The number of cyclic esters (lactones) is 1. The molecule has 3 rings (SSSR count). The average Bonchev–Trinajstić information content (AvgIpc) is 3.00. The van der Waals surface area contributed by atoms with Crippen molar-refractivity contribution in [2.24, 2.45) is 5.92 Å². The van der Waals surface area contributed by atoms with Gasteiger partial charge in [0.25, 0.3) is 0 Å². The fourth-order valence-corrected chi connectivity index (χ4v) is 2.86. The summed E-state index contributed by atoms with van der Waals surface area (Å²) in [4.78, 5) is 37.3. The second-order valence-electron chi connectivity index (χ2n) is 5.94. The number of rotatable bonds is 3. The number of likely N-dealkylation sites (tertiary alicyclic amines) is 1. The minimum Gasteiger partial charge on any atom is -0.463 e. The number of hydrogen-bond donors (Lipinski definition) is 1. The van der Waals surface area contributed by atoms with E-state index in [9.17, 15) is 14.4 Å². The Kier molecular flexibility index (Phi) is 4.98. The van der Waals surface area contributed by atoms with Crippen LogP contribution in [0.25, 0.3) is 0 Å². The van der Waals surface area contributed by atoms with Crippen molar-refractivity contribution < 1.29 is 23.9 Å². The van der Waals surface area contributed by atoms with Crippen molar-refractivity contribution in [3.63, 3.8) is 0 Å². The lowest BCUT2D eigenvalue weighted by atomic mass is 9.97. The van der Waals surface area contributed by atoms with Gasteiger partial charge in [0.1, 0.15) is 0 Å². The fourth-order valence-electron chi connectivity index (χ4n) is 2.86. The molecule has 2 fully saturated rings. The molecule has 1 aromatic carbocycles. The van der Waals surface area contributed by atoms with E-state index in [0.717, 1.165) is 5.69 Å². The summed E-state index contributed by atoms with van der Waals surface area (Å²) in [5, 5.41) is 2.83. The number of nitrogens with one attached hydrogen (secondary N) is 1. The Morgan fingerprint density at radius 3 is 2.46 bits per heavy atom. The van der Waals surface area contributed by atoms with Crippen LogP contribution in [0.1, 0.15) is 19.3 Å². The number of anilines is 1. The molecule has 0 spiro atoms. The predicted molar refractivity (Wildman–Crippen MR) is 85.2 cm³/mol. The number of para-hydroxylation sites is 1. The molecule has 0 saturated carbocycles. The van der Waals surface area contributed by atoms with Crippen LogP contribution < -0.4 is 5.32 Å². The molecule has 7 nitrogen and oxygen atoms in total. The molecular weight excluding hydrogens is 312 g/mol. The maximum absolute atomic E-state index is 12.2. The highest BCUT2D eigenvalue weighted by atomic mass is 16.6. The normalized spacial score (nSPS) is 21.2. The number of urea groups is 1. The van der Waals surface area contributed by atoms with Gasteiger partial charge in [0, 0.05) is 25.2 Å². The van der Waals surface area contributed by atoms with E-state index in [-0.39, 0.29) is 17.9 Å². The number of carbonyl (C=O) groups is 3. The van der Waals surface area contributed by atoms with Gasteiger partial charge in [-0.05, 0) is 25.0 Å². The zero-order valence-electron chi connectivity index (χ0n) is 13.3. The van der Waals surface area contributed by atoms with E-state index in [0.29, 0.717) is 39.0 Å². The molecule has 7 heteroatoms. The third-order valence-electron chi connectivity index (χ3n) is 4.29. The molecular formula is C17H20N2O5. The van der Waals surface area contributed by atoms with Crippen molar-refractivity contribution >= 4 is 23.7 Å². The van der Waals surface area contributed by atoms with Crippen LogP contribution in [0, 0.1) is 5.92 Å². The maximum atomic E-state index is 12.2. The Bertz CT molecular complexity index is 611. The number of nitrogens with zero attached hydrogens (tertiary/aromatic N) is 1. The number of esters is 2. The number of hydrogen-bond acceptors (Lipinski definition) is 5. The van der Waals surface area contributed by atoms with E-state index in [1.54, 1.807) is 4.90 Å². The van der Waals surface area contributed by atoms with Crippen molar-refractivity contribution in [2.75, 3.05) is 25.0 Å². The maximum Gasteiger partial charge on any atom is 0.347 e. The molecule has 2 saturated heterocycles. The largest absolute Gasteiger partial charge is 0.463 e. The Hall–Kier alpha value is -2.57. The van der Waals surface area contributed by atoms with Crippen LogP contribution in [-0.4, -0.2) is 48.7 Å². The van der Waals surface area contributed by atoms with Gasteiger partial charge in [-0.2, -0.15) is 0 Å². The summed E-state index contributed by atoms with van der Waals surface area (Å²) < 4.78 is 10.0. The van der Waals surface area contributed by atoms with Crippen molar-refractivity contribution in [1.29, 1.82) is 0 Å². The second-order valence-corrected chi connectivity index (χ2v) is 5.94. The number of amides is 2. The minimum absolute atomic E-state index is 0.174. The van der Waals surface area contributed by atoms with Crippen molar-refractivity contribution in [3.05, 3.63) is 30.3 Å². The van der Waals surface area contributed by atoms with E-state index in [1.165, 1.54) is 0 Å². The lowest BCUT2D eigenvalue weighted by Crippen LogP contribution is -2.43. The molecule has 2 heterocycles. The topological polar surface area (TPSA) is 84.9 Å². The minimum atomic E-state index is -0.767. The third-order valence-corrected chi connectivity index (χ3v) is 4.29. The van der Waals surface area contributed by atoms with E-state index < -0.39 is 12.1 Å². The highest BCUT2D eigenvalue weighted by Gasteiger charge is 2.34. The van der Waals surface area contributed by atoms with Crippen LogP contribution in [0.2, 0.25) is 0 Å². The Morgan fingerprint density at radius 2 is 1.83 bits per heavy atom. The first-order chi connectivity index (χ1) is 11.6. The average molecular weight is 332 g/mol. The Morgan fingerprint density at radius 1 is 1.12 bits per heavy atom. The molecule has 24 heavy (non-hydrogen) atoms. The Labute approximate surface area is 139 Å². The first-order valence-electron chi connectivity index (χ1n) is 8.11. The summed E-state index contributed by atoms with van der Waals surface area (Å²) in [6, 6.07) is 9.06. The van der Waals surface area contributed by atoms with Gasteiger partial charge >= 0.3 is 18.0 Å². The van der Waals surface area contributed by atoms with E-state index in [4.69, 9.17) is 9.47 Å². The van der Waals surface area contributed by atoms with Crippen molar-refractivity contribution in [1.82, 2.24) is 4.90 Å². The third kappa shape index (κ3) is 3.84. The van der Waals surface area contributed by atoms with Crippen molar-refractivity contribution in [2.45, 2.75) is 25.4 Å².